The molecule has 0 spiro atoms. The standard InChI is InChI=1S/C17H20Cl3NO/c1-15(22)21-16(11-7-3-2-6-10-14-18)12-8-4-5-9-13-17(19)20/h10,13-14,16H,3-4,7-8,11-12H2,1H3,(H,21,22)/b14-10+/t16-/m0/s1. The van der Waals surface area contributed by atoms with Gasteiger partial charge in [0.1, 0.15) is 4.49 Å². The fraction of sp³-hybridized carbons (Fsp3) is 0.471. The number of hydrogen-bond acceptors (Lipinski definition) is 1. The summed E-state index contributed by atoms with van der Waals surface area (Å²) in [6, 6.07) is 0.164. The van der Waals surface area contributed by atoms with E-state index in [9.17, 15) is 4.79 Å². The molecule has 0 aliphatic heterocycles. The van der Waals surface area contributed by atoms with Crippen molar-refractivity contribution in [2.45, 2.75) is 51.5 Å². The first-order valence-corrected chi connectivity index (χ1v) is 8.25. The van der Waals surface area contributed by atoms with Crippen molar-refractivity contribution in [3.8, 4) is 23.7 Å². The Bertz CT molecular complexity index is 499. The lowest BCUT2D eigenvalue weighted by molar-refractivity contribution is -0.119. The summed E-state index contributed by atoms with van der Waals surface area (Å²) in [5.74, 6) is 11.6. The highest BCUT2D eigenvalue weighted by Crippen LogP contribution is 2.09. The van der Waals surface area contributed by atoms with Crippen LogP contribution in [0, 0.1) is 23.7 Å². The van der Waals surface area contributed by atoms with Gasteiger partial charge in [-0.15, -0.1) is 0 Å². The Morgan fingerprint density at radius 3 is 2.23 bits per heavy atom. The molecule has 0 aliphatic rings. The topological polar surface area (TPSA) is 29.1 Å². The van der Waals surface area contributed by atoms with Crippen molar-refractivity contribution in [2.24, 2.45) is 0 Å². The van der Waals surface area contributed by atoms with E-state index in [1.807, 2.05) is 0 Å². The average molecular weight is 361 g/mol. The van der Waals surface area contributed by atoms with Crippen LogP contribution in [0.4, 0.5) is 0 Å². The van der Waals surface area contributed by atoms with Gasteiger partial charge >= 0.3 is 0 Å². The highest BCUT2D eigenvalue weighted by molar-refractivity contribution is 6.56. The number of hydrogen-bond donors (Lipinski definition) is 1. The maximum absolute atomic E-state index is 11.2. The second kappa shape index (κ2) is 14.9. The Labute approximate surface area is 148 Å². The minimum Gasteiger partial charge on any atom is -0.354 e. The third-order valence-corrected chi connectivity index (χ3v) is 2.99. The van der Waals surface area contributed by atoms with E-state index in [1.165, 1.54) is 18.5 Å². The van der Waals surface area contributed by atoms with Crippen LogP contribution < -0.4 is 5.32 Å². The number of rotatable bonds is 7. The fourth-order valence-electron chi connectivity index (χ4n) is 1.79. The molecule has 1 atom stereocenters. The lowest BCUT2D eigenvalue weighted by Gasteiger charge is -2.16. The number of amides is 1. The molecule has 0 bridgehead atoms. The first-order valence-electron chi connectivity index (χ1n) is 7.06. The highest BCUT2D eigenvalue weighted by atomic mass is 35.5. The zero-order valence-electron chi connectivity index (χ0n) is 12.6. The summed E-state index contributed by atoms with van der Waals surface area (Å²) in [4.78, 5) is 11.2. The minimum atomic E-state index is -0.0101. The number of unbranched alkanes of at least 4 members (excludes halogenated alkanes) is 2. The lowest BCUT2D eigenvalue weighted by atomic mass is 10.0. The molecule has 0 unspecified atom stereocenters. The van der Waals surface area contributed by atoms with Crippen LogP contribution in [0.2, 0.25) is 0 Å². The van der Waals surface area contributed by atoms with E-state index < -0.39 is 0 Å². The van der Waals surface area contributed by atoms with Crippen LogP contribution in [0.5, 0.6) is 0 Å². The Balaban J connectivity index is 4.07. The van der Waals surface area contributed by atoms with E-state index in [2.05, 4.69) is 29.0 Å². The molecule has 5 heteroatoms. The van der Waals surface area contributed by atoms with Gasteiger partial charge in [-0.05, 0) is 31.8 Å². The summed E-state index contributed by atoms with van der Waals surface area (Å²) in [7, 11) is 0. The van der Waals surface area contributed by atoms with Gasteiger partial charge in [0.2, 0.25) is 5.91 Å². The molecule has 0 heterocycles. The zero-order chi connectivity index (χ0) is 16.6. The SMILES string of the molecule is CC(=O)N[C@H](CCCC#CC=C(Cl)Cl)CCCC#C/C=C/Cl. The van der Waals surface area contributed by atoms with Gasteiger partial charge in [0.25, 0.3) is 0 Å². The molecule has 0 saturated carbocycles. The summed E-state index contributed by atoms with van der Waals surface area (Å²) in [6.07, 6.45) is 8.23. The summed E-state index contributed by atoms with van der Waals surface area (Å²) in [5, 5.41) is 2.97. The molecule has 2 nitrogen and oxygen atoms in total. The molecule has 0 aromatic rings. The number of allylic oxidation sites excluding steroid dienone is 2. The van der Waals surface area contributed by atoms with Crippen LogP contribution in [-0.2, 0) is 4.79 Å². The smallest absolute Gasteiger partial charge is 0.217 e. The molecule has 0 fully saturated rings. The van der Waals surface area contributed by atoms with E-state index in [4.69, 9.17) is 34.8 Å². The summed E-state index contributed by atoms with van der Waals surface area (Å²) < 4.78 is 0.161. The Hall–Kier alpha value is -1.06. The van der Waals surface area contributed by atoms with E-state index >= 15 is 0 Å². The maximum atomic E-state index is 11.2. The van der Waals surface area contributed by atoms with Gasteiger partial charge in [-0.2, -0.15) is 0 Å². The van der Waals surface area contributed by atoms with Crippen molar-refractivity contribution in [1.82, 2.24) is 5.32 Å². The van der Waals surface area contributed by atoms with Crippen LogP contribution in [0.25, 0.3) is 0 Å². The molecule has 0 radical (unpaired) electrons. The van der Waals surface area contributed by atoms with E-state index in [1.54, 1.807) is 6.08 Å². The molecule has 0 aliphatic carbocycles. The van der Waals surface area contributed by atoms with E-state index in [0.717, 1.165) is 38.5 Å². The van der Waals surface area contributed by atoms with Crippen molar-refractivity contribution < 1.29 is 4.79 Å². The molecule has 0 saturated heterocycles. The van der Waals surface area contributed by atoms with Crippen LogP contribution in [0.1, 0.15) is 45.4 Å². The van der Waals surface area contributed by atoms with Gasteiger partial charge in [-0.25, -0.2) is 0 Å². The van der Waals surface area contributed by atoms with Gasteiger partial charge in [0.15, 0.2) is 0 Å². The number of halogens is 3. The van der Waals surface area contributed by atoms with Crippen LogP contribution in [0.3, 0.4) is 0 Å². The zero-order valence-corrected chi connectivity index (χ0v) is 14.9. The van der Waals surface area contributed by atoms with Crippen LogP contribution in [-0.4, -0.2) is 11.9 Å². The number of carbonyl (C=O) groups is 1. The van der Waals surface area contributed by atoms with Crippen molar-refractivity contribution in [3.05, 3.63) is 22.2 Å². The highest BCUT2D eigenvalue weighted by Gasteiger charge is 2.08. The third-order valence-electron chi connectivity index (χ3n) is 2.65. The predicted octanol–water partition coefficient (Wildman–Crippen LogP) is 4.91. The lowest BCUT2D eigenvalue weighted by Crippen LogP contribution is -2.32. The number of nitrogens with one attached hydrogen (secondary N) is 1. The number of carbonyl (C=O) groups excluding carboxylic acids is 1. The third kappa shape index (κ3) is 15.3. The minimum absolute atomic E-state index is 0.0101. The Kier molecular flexibility index (Phi) is 14.1. The van der Waals surface area contributed by atoms with Gasteiger partial charge < -0.3 is 5.32 Å². The Morgan fingerprint density at radius 2 is 1.73 bits per heavy atom. The average Bonchev–Trinajstić information content (AvgIpc) is 2.45. The molecule has 120 valence electrons. The monoisotopic (exact) mass is 359 g/mol. The van der Waals surface area contributed by atoms with Crippen molar-refractivity contribution in [3.63, 3.8) is 0 Å². The second-order valence-electron chi connectivity index (χ2n) is 4.55. The first kappa shape index (κ1) is 20.9. The second-order valence-corrected chi connectivity index (χ2v) is 5.81. The van der Waals surface area contributed by atoms with Gasteiger partial charge in [-0.3, -0.25) is 4.79 Å². The van der Waals surface area contributed by atoms with E-state index in [0.29, 0.717) is 0 Å². The molecule has 1 amide bonds. The van der Waals surface area contributed by atoms with Gasteiger partial charge in [-0.1, -0.05) is 58.5 Å². The molecule has 22 heavy (non-hydrogen) atoms. The largest absolute Gasteiger partial charge is 0.354 e. The van der Waals surface area contributed by atoms with Gasteiger partial charge in [0.05, 0.1) is 0 Å². The molecular formula is C17H20Cl3NO. The fourth-order valence-corrected chi connectivity index (χ4v) is 1.96. The summed E-state index contributed by atoms with van der Waals surface area (Å²) in [6.45, 7) is 1.53. The molecule has 0 aromatic carbocycles. The van der Waals surface area contributed by atoms with Crippen LogP contribution >= 0.6 is 34.8 Å². The normalized spacial score (nSPS) is 10.9. The predicted molar refractivity (Wildman–Crippen MR) is 95.6 cm³/mol. The van der Waals surface area contributed by atoms with Gasteiger partial charge in [0, 0.05) is 37.4 Å². The molecule has 0 aromatic heterocycles. The molecule has 1 N–H and O–H groups in total. The quantitative estimate of drug-likeness (QED) is 0.507. The molecule has 0 rings (SSSR count). The first-order chi connectivity index (χ1) is 10.6. The maximum Gasteiger partial charge on any atom is 0.217 e. The van der Waals surface area contributed by atoms with E-state index in [-0.39, 0.29) is 16.4 Å². The Morgan fingerprint density at radius 1 is 1.14 bits per heavy atom. The van der Waals surface area contributed by atoms with Crippen molar-refractivity contribution >= 4 is 40.7 Å². The van der Waals surface area contributed by atoms with Crippen LogP contribution in [0.15, 0.2) is 22.2 Å². The van der Waals surface area contributed by atoms with Crippen molar-refractivity contribution in [2.75, 3.05) is 0 Å². The van der Waals surface area contributed by atoms with Crippen molar-refractivity contribution in [1.29, 1.82) is 0 Å². The molecular weight excluding hydrogens is 341 g/mol. The summed E-state index contributed by atoms with van der Waals surface area (Å²) in [5.41, 5.74) is 1.39. The summed E-state index contributed by atoms with van der Waals surface area (Å²) >= 11 is 16.3.